The Bertz CT molecular complexity index is 97.4. The fourth-order valence-electron chi connectivity index (χ4n) is 1.36. The van der Waals surface area contributed by atoms with Crippen molar-refractivity contribution in [2.24, 2.45) is 5.92 Å². The lowest BCUT2D eigenvalue weighted by Gasteiger charge is -2.21. The Morgan fingerprint density at radius 2 is 2.10 bits per heavy atom. The molecule has 0 bridgehead atoms. The Balaban J connectivity index is 2.19. The minimum atomic E-state index is 0.731. The third kappa shape index (κ3) is 2.27. The van der Waals surface area contributed by atoms with Crippen molar-refractivity contribution in [1.29, 1.82) is 0 Å². The van der Waals surface area contributed by atoms with Crippen LogP contribution in [0.25, 0.3) is 0 Å². The lowest BCUT2D eigenvalue weighted by molar-refractivity contribution is 0.222. The van der Waals surface area contributed by atoms with Crippen LogP contribution in [-0.2, 0) is 0 Å². The highest BCUT2D eigenvalue weighted by molar-refractivity contribution is 4.84. The Hall–Kier alpha value is -0.0800. The second-order valence-corrected chi connectivity index (χ2v) is 3.38. The summed E-state index contributed by atoms with van der Waals surface area (Å²) >= 11 is 0. The fraction of sp³-hybridized carbons (Fsp3) is 1.00. The monoisotopic (exact) mass is 142 g/mol. The molecule has 0 aliphatic heterocycles. The highest BCUT2D eigenvalue weighted by atomic mass is 15.5. The smallest absolute Gasteiger partial charge is 0.0240 e. The average Bonchev–Trinajstić information content (AvgIpc) is 2.63. The molecule has 0 radical (unpaired) electrons. The number of rotatable bonds is 4. The molecule has 1 aliphatic carbocycles. The van der Waals surface area contributed by atoms with Crippen LogP contribution in [0.4, 0.5) is 0 Å². The van der Waals surface area contributed by atoms with Gasteiger partial charge in [0.25, 0.3) is 0 Å². The molecule has 1 fully saturated rings. The summed E-state index contributed by atoms with van der Waals surface area (Å²) in [4.78, 5) is 0. The van der Waals surface area contributed by atoms with E-state index < -0.39 is 0 Å². The van der Waals surface area contributed by atoms with Gasteiger partial charge in [0, 0.05) is 20.1 Å². The Labute approximate surface area is 63.6 Å². The van der Waals surface area contributed by atoms with E-state index in [0.717, 1.165) is 12.0 Å². The van der Waals surface area contributed by atoms with Gasteiger partial charge in [0.15, 0.2) is 0 Å². The van der Waals surface area contributed by atoms with Crippen LogP contribution in [0.2, 0.25) is 0 Å². The predicted octanol–water partition coefficient (Wildman–Crippen LogP) is 1.24. The Morgan fingerprint density at radius 1 is 1.50 bits per heavy atom. The summed E-state index contributed by atoms with van der Waals surface area (Å²) in [6.45, 7) is 2.25. The van der Waals surface area contributed by atoms with Gasteiger partial charge in [-0.15, -0.1) is 0 Å². The van der Waals surface area contributed by atoms with Gasteiger partial charge in [-0.1, -0.05) is 6.92 Å². The first-order chi connectivity index (χ1) is 4.74. The number of hydrogen-bond acceptors (Lipinski definition) is 2. The van der Waals surface area contributed by atoms with E-state index in [2.05, 4.69) is 31.5 Å². The SMILES string of the molecule is CCC(NN(C)C)C1CC1. The highest BCUT2D eigenvalue weighted by Gasteiger charge is 2.29. The Morgan fingerprint density at radius 3 is 2.40 bits per heavy atom. The van der Waals surface area contributed by atoms with Crippen LogP contribution < -0.4 is 5.43 Å². The zero-order valence-corrected chi connectivity index (χ0v) is 7.22. The molecular formula is C8H18N2. The van der Waals surface area contributed by atoms with E-state index in [9.17, 15) is 0 Å². The van der Waals surface area contributed by atoms with Crippen molar-refractivity contribution in [3.8, 4) is 0 Å². The zero-order chi connectivity index (χ0) is 7.56. The first-order valence-corrected chi connectivity index (χ1v) is 4.17. The Kier molecular flexibility index (Phi) is 2.69. The molecule has 0 aromatic carbocycles. The van der Waals surface area contributed by atoms with Gasteiger partial charge in [-0.05, 0) is 25.2 Å². The van der Waals surface area contributed by atoms with Crippen molar-refractivity contribution in [3.05, 3.63) is 0 Å². The molecule has 60 valence electrons. The molecule has 2 heteroatoms. The summed E-state index contributed by atoms with van der Waals surface area (Å²) in [5.41, 5.74) is 3.42. The van der Waals surface area contributed by atoms with E-state index >= 15 is 0 Å². The van der Waals surface area contributed by atoms with Crippen LogP contribution in [0.3, 0.4) is 0 Å². The topological polar surface area (TPSA) is 15.3 Å². The minimum absolute atomic E-state index is 0.731. The van der Waals surface area contributed by atoms with Crippen molar-refractivity contribution in [1.82, 2.24) is 10.4 Å². The summed E-state index contributed by atoms with van der Waals surface area (Å²) in [6.07, 6.45) is 4.11. The molecule has 1 rings (SSSR count). The molecular weight excluding hydrogens is 124 g/mol. The summed E-state index contributed by atoms with van der Waals surface area (Å²) in [5, 5.41) is 2.06. The van der Waals surface area contributed by atoms with Crippen LogP contribution in [0.1, 0.15) is 26.2 Å². The molecule has 2 nitrogen and oxygen atoms in total. The van der Waals surface area contributed by atoms with Crippen molar-refractivity contribution in [2.75, 3.05) is 14.1 Å². The van der Waals surface area contributed by atoms with Gasteiger partial charge in [0.2, 0.25) is 0 Å². The second-order valence-electron chi connectivity index (χ2n) is 3.38. The maximum atomic E-state index is 3.42. The maximum absolute atomic E-state index is 3.42. The molecule has 1 aliphatic rings. The van der Waals surface area contributed by atoms with Gasteiger partial charge in [0.1, 0.15) is 0 Å². The van der Waals surface area contributed by atoms with Crippen molar-refractivity contribution >= 4 is 0 Å². The molecule has 1 N–H and O–H groups in total. The largest absolute Gasteiger partial charge is 0.252 e. The van der Waals surface area contributed by atoms with E-state index in [-0.39, 0.29) is 0 Å². The van der Waals surface area contributed by atoms with Gasteiger partial charge in [0.05, 0.1) is 0 Å². The third-order valence-electron chi connectivity index (χ3n) is 2.05. The fourth-order valence-corrected chi connectivity index (χ4v) is 1.36. The van der Waals surface area contributed by atoms with Crippen molar-refractivity contribution in [3.63, 3.8) is 0 Å². The molecule has 0 heterocycles. The molecule has 0 aromatic heterocycles. The maximum Gasteiger partial charge on any atom is 0.0240 e. The van der Waals surface area contributed by atoms with E-state index in [1.165, 1.54) is 19.3 Å². The van der Waals surface area contributed by atoms with Gasteiger partial charge < -0.3 is 0 Å². The number of nitrogens with one attached hydrogen (secondary N) is 1. The summed E-state index contributed by atoms with van der Waals surface area (Å²) in [6, 6.07) is 0.731. The summed E-state index contributed by atoms with van der Waals surface area (Å²) in [7, 11) is 4.12. The minimum Gasteiger partial charge on any atom is -0.252 e. The summed E-state index contributed by atoms with van der Waals surface area (Å²) in [5.74, 6) is 0.965. The second kappa shape index (κ2) is 3.35. The molecule has 0 aromatic rings. The van der Waals surface area contributed by atoms with Crippen LogP contribution in [0.15, 0.2) is 0 Å². The quantitative estimate of drug-likeness (QED) is 0.594. The van der Waals surface area contributed by atoms with Gasteiger partial charge in [-0.25, -0.2) is 0 Å². The normalized spacial score (nSPS) is 21.6. The lowest BCUT2D eigenvalue weighted by Crippen LogP contribution is -2.40. The van der Waals surface area contributed by atoms with Crippen LogP contribution in [0.5, 0.6) is 0 Å². The number of hydrogen-bond donors (Lipinski definition) is 1. The summed E-state index contributed by atoms with van der Waals surface area (Å²) < 4.78 is 0. The number of nitrogens with zero attached hydrogens (tertiary/aromatic N) is 1. The van der Waals surface area contributed by atoms with E-state index in [0.29, 0.717) is 0 Å². The molecule has 1 unspecified atom stereocenters. The van der Waals surface area contributed by atoms with E-state index in [4.69, 9.17) is 0 Å². The molecule has 0 amide bonds. The van der Waals surface area contributed by atoms with E-state index in [1.54, 1.807) is 0 Å². The van der Waals surface area contributed by atoms with Crippen molar-refractivity contribution < 1.29 is 0 Å². The molecule has 1 atom stereocenters. The first-order valence-electron chi connectivity index (χ1n) is 4.17. The van der Waals surface area contributed by atoms with Crippen molar-refractivity contribution in [2.45, 2.75) is 32.2 Å². The lowest BCUT2D eigenvalue weighted by atomic mass is 10.1. The number of hydrazine groups is 1. The zero-order valence-electron chi connectivity index (χ0n) is 7.22. The van der Waals surface area contributed by atoms with Gasteiger partial charge in [-0.2, -0.15) is 0 Å². The molecule has 1 saturated carbocycles. The third-order valence-corrected chi connectivity index (χ3v) is 2.05. The van der Waals surface area contributed by atoms with E-state index in [1.807, 2.05) is 0 Å². The molecule has 10 heavy (non-hydrogen) atoms. The van der Waals surface area contributed by atoms with Crippen LogP contribution in [-0.4, -0.2) is 25.1 Å². The highest BCUT2D eigenvalue weighted by Crippen LogP contribution is 2.33. The van der Waals surface area contributed by atoms with Crippen LogP contribution >= 0.6 is 0 Å². The molecule has 0 spiro atoms. The average molecular weight is 142 g/mol. The standard InChI is InChI=1S/C8H18N2/c1-4-8(7-5-6-7)9-10(2)3/h7-9H,4-6H2,1-3H3. The van der Waals surface area contributed by atoms with Crippen LogP contribution in [0, 0.1) is 5.92 Å². The molecule has 0 saturated heterocycles. The van der Waals surface area contributed by atoms with Gasteiger partial charge in [-0.3, -0.25) is 10.4 Å². The first kappa shape index (κ1) is 8.02. The predicted molar refractivity (Wildman–Crippen MR) is 43.6 cm³/mol. The van der Waals surface area contributed by atoms with Gasteiger partial charge >= 0.3 is 0 Å².